The molecule has 4 rings (SSSR count). The maximum atomic E-state index is 10.6. The molecule has 0 amide bonds. The molecule has 2 N–H and O–H groups in total. The molecule has 0 saturated carbocycles. The molecule has 0 atom stereocenters. The van der Waals surface area contributed by atoms with Crippen LogP contribution in [-0.2, 0) is 18.4 Å². The van der Waals surface area contributed by atoms with Gasteiger partial charge in [0.25, 0.3) is 5.89 Å². The Morgan fingerprint density at radius 2 is 1.81 bits per heavy atom. The molecule has 2 heterocycles. The van der Waals surface area contributed by atoms with Crippen molar-refractivity contribution in [2.45, 2.75) is 37.2 Å². The van der Waals surface area contributed by atoms with E-state index in [9.17, 15) is 5.11 Å². The first-order chi connectivity index (χ1) is 10.2. The van der Waals surface area contributed by atoms with E-state index in [1.165, 1.54) is 11.1 Å². The van der Waals surface area contributed by atoms with Crippen molar-refractivity contribution in [3.05, 3.63) is 47.1 Å². The number of nitrogens with zero attached hydrogens (tertiary/aromatic N) is 2. The Bertz CT molecular complexity index is 621. The van der Waals surface area contributed by atoms with Crippen LogP contribution in [0.25, 0.3) is 0 Å². The predicted molar refractivity (Wildman–Crippen MR) is 76.9 cm³/mol. The number of nitrogens with one attached hydrogen (secondary N) is 1. The van der Waals surface area contributed by atoms with Gasteiger partial charge in [0.1, 0.15) is 5.60 Å². The second kappa shape index (κ2) is 4.93. The summed E-state index contributed by atoms with van der Waals surface area (Å²) < 4.78 is 5.38. The van der Waals surface area contributed by atoms with Crippen LogP contribution < -0.4 is 5.32 Å². The first-order valence-corrected chi connectivity index (χ1v) is 7.58. The van der Waals surface area contributed by atoms with E-state index in [2.05, 4.69) is 39.7 Å². The number of benzene rings is 1. The van der Waals surface area contributed by atoms with Crippen LogP contribution in [0.15, 0.2) is 28.8 Å². The number of fused-ring (bicyclic) bond motifs is 1. The highest BCUT2D eigenvalue weighted by Crippen LogP contribution is 2.34. The lowest BCUT2D eigenvalue weighted by Crippen LogP contribution is -2.40. The minimum Gasteiger partial charge on any atom is -0.380 e. The molecule has 5 nitrogen and oxygen atoms in total. The van der Waals surface area contributed by atoms with Gasteiger partial charge in [-0.05, 0) is 49.9 Å². The molecule has 21 heavy (non-hydrogen) atoms. The van der Waals surface area contributed by atoms with Crippen LogP contribution in [0.3, 0.4) is 0 Å². The second-order valence-electron chi connectivity index (χ2n) is 6.11. The third-order valence-corrected chi connectivity index (χ3v) is 4.69. The third kappa shape index (κ3) is 2.26. The number of piperidine rings is 1. The van der Waals surface area contributed by atoms with Gasteiger partial charge in [-0.25, -0.2) is 0 Å². The zero-order valence-electron chi connectivity index (χ0n) is 11.9. The zero-order valence-corrected chi connectivity index (χ0v) is 11.9. The zero-order chi connectivity index (χ0) is 14.3. The van der Waals surface area contributed by atoms with Crippen molar-refractivity contribution in [1.29, 1.82) is 0 Å². The first-order valence-electron chi connectivity index (χ1n) is 7.58. The number of rotatable bonds is 2. The van der Waals surface area contributed by atoms with E-state index in [4.69, 9.17) is 4.52 Å². The Morgan fingerprint density at radius 1 is 1.14 bits per heavy atom. The molecule has 110 valence electrons. The Morgan fingerprint density at radius 3 is 2.48 bits per heavy atom. The second-order valence-corrected chi connectivity index (χ2v) is 6.11. The monoisotopic (exact) mass is 285 g/mol. The minimum atomic E-state index is -0.956. The highest BCUT2D eigenvalue weighted by Gasteiger charge is 2.38. The quantitative estimate of drug-likeness (QED) is 0.875. The summed E-state index contributed by atoms with van der Waals surface area (Å²) in [5, 5.41) is 18.0. The standard InChI is InChI=1S/C16H19N3O2/c20-16(5-7-17-8-6-16)15-18-14(19-21-15)13-9-11-3-1-2-4-12(11)10-13/h1-4,13,17,20H,5-10H2. The van der Waals surface area contributed by atoms with Crippen molar-refractivity contribution in [2.75, 3.05) is 13.1 Å². The van der Waals surface area contributed by atoms with Gasteiger partial charge in [-0.1, -0.05) is 29.4 Å². The van der Waals surface area contributed by atoms with Gasteiger partial charge in [0.2, 0.25) is 0 Å². The van der Waals surface area contributed by atoms with E-state index < -0.39 is 5.60 Å². The number of hydrogen-bond donors (Lipinski definition) is 2. The smallest absolute Gasteiger partial charge is 0.258 e. The fraction of sp³-hybridized carbons (Fsp3) is 0.500. The van der Waals surface area contributed by atoms with Crippen LogP contribution in [0, 0.1) is 0 Å². The van der Waals surface area contributed by atoms with Gasteiger partial charge in [0.05, 0.1) is 0 Å². The lowest BCUT2D eigenvalue weighted by molar-refractivity contribution is -0.0228. The van der Waals surface area contributed by atoms with Crippen LogP contribution in [0.2, 0.25) is 0 Å². The summed E-state index contributed by atoms with van der Waals surface area (Å²) in [5.41, 5.74) is 1.78. The van der Waals surface area contributed by atoms with Crippen molar-refractivity contribution < 1.29 is 9.63 Å². The minimum absolute atomic E-state index is 0.269. The van der Waals surface area contributed by atoms with Gasteiger partial charge >= 0.3 is 0 Å². The van der Waals surface area contributed by atoms with Gasteiger partial charge in [-0.3, -0.25) is 0 Å². The van der Waals surface area contributed by atoms with E-state index >= 15 is 0 Å². The van der Waals surface area contributed by atoms with E-state index in [-0.39, 0.29) is 5.92 Å². The molecule has 1 aromatic carbocycles. The van der Waals surface area contributed by atoms with Gasteiger partial charge < -0.3 is 14.9 Å². The van der Waals surface area contributed by atoms with Crippen LogP contribution in [0.5, 0.6) is 0 Å². The van der Waals surface area contributed by atoms with Gasteiger partial charge in [-0.15, -0.1) is 0 Å². The topological polar surface area (TPSA) is 71.2 Å². The summed E-state index contributed by atoms with van der Waals surface area (Å²) in [6, 6.07) is 8.47. The largest absolute Gasteiger partial charge is 0.380 e. The third-order valence-electron chi connectivity index (χ3n) is 4.69. The summed E-state index contributed by atoms with van der Waals surface area (Å²) >= 11 is 0. The highest BCUT2D eigenvalue weighted by molar-refractivity contribution is 5.34. The Labute approximate surface area is 123 Å². The summed E-state index contributed by atoms with van der Waals surface area (Å²) in [4.78, 5) is 4.52. The number of aromatic nitrogens is 2. The highest BCUT2D eigenvalue weighted by atomic mass is 16.5. The molecular formula is C16H19N3O2. The molecule has 1 saturated heterocycles. The van der Waals surface area contributed by atoms with Crippen molar-refractivity contribution >= 4 is 0 Å². The van der Waals surface area contributed by atoms with Crippen molar-refractivity contribution in [3.8, 4) is 0 Å². The van der Waals surface area contributed by atoms with Gasteiger partial charge in [0, 0.05) is 5.92 Å². The Hall–Kier alpha value is -1.72. The maximum Gasteiger partial charge on any atom is 0.258 e. The molecule has 0 unspecified atom stereocenters. The average molecular weight is 285 g/mol. The normalized spacial score (nSPS) is 21.4. The van der Waals surface area contributed by atoms with Crippen LogP contribution in [0.4, 0.5) is 0 Å². The molecule has 1 aromatic heterocycles. The molecule has 1 fully saturated rings. The predicted octanol–water partition coefficient (Wildman–Crippen LogP) is 1.52. The summed E-state index contributed by atoms with van der Waals surface area (Å²) in [6.45, 7) is 1.56. The van der Waals surface area contributed by atoms with Crippen LogP contribution in [0.1, 0.15) is 41.6 Å². The van der Waals surface area contributed by atoms with E-state index in [1.807, 2.05) is 0 Å². The fourth-order valence-corrected chi connectivity index (χ4v) is 3.39. The first kappa shape index (κ1) is 13.0. The molecule has 5 heteroatoms. The summed E-state index contributed by atoms with van der Waals surface area (Å²) in [6.07, 6.45) is 3.16. The molecule has 0 spiro atoms. The Kier molecular flexibility index (Phi) is 3.05. The van der Waals surface area contributed by atoms with Gasteiger partial charge in [-0.2, -0.15) is 4.98 Å². The molecule has 0 radical (unpaired) electrons. The average Bonchev–Trinajstić information content (AvgIpc) is 3.15. The van der Waals surface area contributed by atoms with Crippen LogP contribution in [-0.4, -0.2) is 28.3 Å². The summed E-state index contributed by atoms with van der Waals surface area (Å²) in [5.74, 6) is 1.38. The van der Waals surface area contributed by atoms with Crippen LogP contribution >= 0.6 is 0 Å². The van der Waals surface area contributed by atoms with E-state index in [0.717, 1.165) is 31.8 Å². The maximum absolute atomic E-state index is 10.6. The van der Waals surface area contributed by atoms with Crippen molar-refractivity contribution in [1.82, 2.24) is 15.5 Å². The van der Waals surface area contributed by atoms with Gasteiger partial charge in [0.15, 0.2) is 5.82 Å². The molecule has 0 bridgehead atoms. The molecule has 2 aliphatic rings. The molecule has 1 aliphatic carbocycles. The molecule has 1 aliphatic heterocycles. The van der Waals surface area contributed by atoms with E-state index in [1.54, 1.807) is 0 Å². The van der Waals surface area contributed by atoms with Crippen molar-refractivity contribution in [2.24, 2.45) is 0 Å². The summed E-state index contributed by atoms with van der Waals surface area (Å²) in [7, 11) is 0. The number of aliphatic hydroxyl groups is 1. The Balaban J connectivity index is 1.56. The molecular weight excluding hydrogens is 266 g/mol. The fourth-order valence-electron chi connectivity index (χ4n) is 3.39. The van der Waals surface area contributed by atoms with E-state index in [0.29, 0.717) is 18.7 Å². The SMILES string of the molecule is OC1(c2nc(C3Cc4ccccc4C3)no2)CCNCC1. The molecule has 2 aromatic rings. The van der Waals surface area contributed by atoms with Crippen molar-refractivity contribution in [3.63, 3.8) is 0 Å². The lowest BCUT2D eigenvalue weighted by Gasteiger charge is -2.28. The lowest BCUT2D eigenvalue weighted by atomic mass is 9.92. The number of hydrogen-bond acceptors (Lipinski definition) is 5.